The molecule has 0 spiro atoms. The lowest BCUT2D eigenvalue weighted by Gasteiger charge is -2.04. The van der Waals surface area contributed by atoms with Gasteiger partial charge >= 0.3 is 0 Å². The highest BCUT2D eigenvalue weighted by molar-refractivity contribution is 5.63. The summed E-state index contributed by atoms with van der Waals surface area (Å²) in [5.74, 6) is -0.903. The highest BCUT2D eigenvalue weighted by atomic mass is 127. The molecule has 0 saturated carbocycles. The minimum atomic E-state index is -0.903. The van der Waals surface area contributed by atoms with Gasteiger partial charge in [0.2, 0.25) is 24.0 Å². The second kappa shape index (κ2) is 20.2. The maximum absolute atomic E-state index is 10.2. The Morgan fingerprint density at radius 1 is 0.619 bits per heavy atom. The molecule has 2 nitrogen and oxygen atoms in total. The highest BCUT2D eigenvalue weighted by Crippen LogP contribution is 2.13. The van der Waals surface area contributed by atoms with Gasteiger partial charge in [0.15, 0.2) is 0 Å². The molecular weight excluding hydrogens is 375 g/mol. The molecule has 0 aromatic carbocycles. The van der Waals surface area contributed by atoms with E-state index in [-0.39, 0.29) is 30.4 Å². The lowest BCUT2D eigenvalue weighted by molar-refractivity contribution is -0.305. The second-order valence-electron chi connectivity index (χ2n) is 6.07. The Hall–Kier alpha value is 0.200. The zero-order valence-electron chi connectivity index (χ0n) is 14.1. The molecule has 0 saturated heterocycles. The third kappa shape index (κ3) is 22.6. The number of hydrogen-bond donors (Lipinski definition) is 0. The average Bonchev–Trinajstić information content (AvgIpc) is 2.43. The molecular formula is C18H37IO2. The van der Waals surface area contributed by atoms with E-state index in [0.29, 0.717) is 0 Å². The van der Waals surface area contributed by atoms with E-state index in [1.165, 1.54) is 83.5 Å². The van der Waals surface area contributed by atoms with Gasteiger partial charge in [-0.25, -0.2) is 0 Å². The first-order valence-electron chi connectivity index (χ1n) is 8.97. The minimum Gasteiger partial charge on any atom is -0.550 e. The summed E-state index contributed by atoms with van der Waals surface area (Å²) < 4.78 is 0. The van der Waals surface area contributed by atoms with Gasteiger partial charge in [0, 0.05) is 5.97 Å². The molecule has 0 fully saturated rings. The van der Waals surface area contributed by atoms with Crippen molar-refractivity contribution in [2.45, 2.75) is 110 Å². The van der Waals surface area contributed by atoms with Crippen LogP contribution in [0.15, 0.2) is 0 Å². The number of carboxylic acids is 1. The maximum Gasteiger partial charge on any atom is 0.235 e. The van der Waals surface area contributed by atoms with Gasteiger partial charge in [-0.15, -0.1) is 0 Å². The first-order valence-corrected chi connectivity index (χ1v) is 8.97. The zero-order valence-corrected chi connectivity index (χ0v) is 16.6. The minimum absolute atomic E-state index is 0. The molecule has 0 N–H and O–H groups in total. The largest absolute Gasteiger partial charge is 0.550 e. The number of carbonyl (C=O) groups excluding carboxylic acids is 1. The van der Waals surface area contributed by atoms with Crippen LogP contribution in [0.5, 0.6) is 0 Å². The predicted octanol–water partition coefficient (Wildman–Crippen LogP) is 1.47. The number of carbonyl (C=O) groups is 1. The molecule has 0 amide bonds. The molecule has 0 aliphatic rings. The molecule has 0 aliphatic carbocycles. The van der Waals surface area contributed by atoms with Crippen LogP contribution in [0.3, 0.4) is 0 Å². The first kappa shape index (κ1) is 23.5. The van der Waals surface area contributed by atoms with Crippen LogP contribution in [0.25, 0.3) is 0 Å². The van der Waals surface area contributed by atoms with Crippen molar-refractivity contribution in [3.05, 3.63) is 0 Å². The van der Waals surface area contributed by atoms with Crippen LogP contribution in [-0.2, 0) is 4.79 Å². The van der Waals surface area contributed by atoms with Gasteiger partial charge in [-0.05, 0) is 12.8 Å². The Morgan fingerprint density at radius 3 is 1.19 bits per heavy atom. The van der Waals surface area contributed by atoms with Gasteiger partial charge in [0.1, 0.15) is 0 Å². The molecule has 0 radical (unpaired) electrons. The van der Waals surface area contributed by atoms with Crippen LogP contribution in [0.1, 0.15) is 110 Å². The van der Waals surface area contributed by atoms with Crippen LogP contribution in [0, 0.1) is 0 Å². The molecule has 0 unspecified atom stereocenters. The van der Waals surface area contributed by atoms with Crippen molar-refractivity contribution in [3.63, 3.8) is 0 Å². The Bertz CT molecular complexity index is 207. The smallest absolute Gasteiger partial charge is 0.235 e. The van der Waals surface area contributed by atoms with Crippen molar-refractivity contribution in [1.29, 1.82) is 0 Å². The normalized spacial score (nSPS) is 10.3. The molecule has 0 aliphatic heterocycles. The predicted molar refractivity (Wildman–Crippen MR) is 87.3 cm³/mol. The topological polar surface area (TPSA) is 40.1 Å². The fourth-order valence-electron chi connectivity index (χ4n) is 2.64. The lowest BCUT2D eigenvalue weighted by Crippen LogP contribution is -3.00. The third-order valence-electron chi connectivity index (χ3n) is 3.98. The van der Waals surface area contributed by atoms with E-state index in [2.05, 4.69) is 6.92 Å². The van der Waals surface area contributed by atoms with Gasteiger partial charge in [-0.1, -0.05) is 96.8 Å². The second-order valence-corrected chi connectivity index (χ2v) is 6.07. The van der Waals surface area contributed by atoms with Crippen LogP contribution < -0.4 is 29.1 Å². The fourth-order valence-corrected chi connectivity index (χ4v) is 2.64. The Kier molecular flexibility index (Phi) is 22.6. The van der Waals surface area contributed by atoms with Crippen molar-refractivity contribution >= 4 is 5.97 Å². The maximum atomic E-state index is 10.2. The highest BCUT2D eigenvalue weighted by Gasteiger charge is 1.94. The summed E-state index contributed by atoms with van der Waals surface area (Å²) in [5.41, 5.74) is 0. The quantitative estimate of drug-likeness (QED) is 0.285. The van der Waals surface area contributed by atoms with E-state index < -0.39 is 5.97 Å². The SMILES string of the molecule is CCCCCCCCCCCCCCCCCC(=O)[O-].[IH2+]. The molecule has 0 aromatic rings. The van der Waals surface area contributed by atoms with Gasteiger partial charge < -0.3 is 9.90 Å². The van der Waals surface area contributed by atoms with Gasteiger partial charge in [-0.3, -0.25) is 0 Å². The molecule has 3 heteroatoms. The lowest BCUT2D eigenvalue weighted by atomic mass is 10.0. The van der Waals surface area contributed by atoms with E-state index in [1.807, 2.05) is 0 Å². The van der Waals surface area contributed by atoms with E-state index in [0.717, 1.165) is 12.8 Å². The number of aliphatic carboxylic acids is 1. The first-order chi connectivity index (χ1) is 9.77. The summed E-state index contributed by atoms with van der Waals surface area (Å²) in [5, 5.41) is 10.2. The number of halogens is 1. The number of unbranched alkanes of at least 4 members (excludes halogenated alkanes) is 14. The third-order valence-corrected chi connectivity index (χ3v) is 3.98. The van der Waals surface area contributed by atoms with E-state index >= 15 is 0 Å². The Balaban J connectivity index is 0. The van der Waals surface area contributed by atoms with Crippen molar-refractivity contribution in [1.82, 2.24) is 0 Å². The molecule has 0 bridgehead atoms. The zero-order chi connectivity index (χ0) is 14.9. The van der Waals surface area contributed by atoms with E-state index in [9.17, 15) is 9.90 Å². The number of carboxylic acid groups (broad SMARTS) is 1. The Morgan fingerprint density at radius 2 is 0.905 bits per heavy atom. The van der Waals surface area contributed by atoms with Crippen LogP contribution in [-0.4, -0.2) is 5.97 Å². The van der Waals surface area contributed by atoms with Crippen molar-refractivity contribution in [2.75, 3.05) is 0 Å². The van der Waals surface area contributed by atoms with Crippen molar-refractivity contribution < 1.29 is 33.9 Å². The fraction of sp³-hybridized carbons (Fsp3) is 0.944. The average molecular weight is 412 g/mol. The van der Waals surface area contributed by atoms with E-state index in [4.69, 9.17) is 0 Å². The standard InChI is InChI=1S/C18H36O2.H2I/c1-2-3-4-5-6-7-8-9-10-11-12-13-14-15-16-17-18(19)20;/h2-17H2,1H3,(H,19,20);1H2/q;+1/p-1. The summed E-state index contributed by atoms with van der Waals surface area (Å²) in [4.78, 5) is 10.2. The van der Waals surface area contributed by atoms with E-state index in [1.54, 1.807) is 0 Å². The Labute approximate surface area is 149 Å². The number of rotatable bonds is 16. The summed E-state index contributed by atoms with van der Waals surface area (Å²) in [6.45, 7) is 2.27. The van der Waals surface area contributed by atoms with Gasteiger partial charge in [0.05, 0.1) is 0 Å². The summed E-state index contributed by atoms with van der Waals surface area (Å²) >= 11 is 0. The summed E-state index contributed by atoms with van der Waals surface area (Å²) in [7, 11) is 0. The summed E-state index contributed by atoms with van der Waals surface area (Å²) in [6, 6.07) is 0. The van der Waals surface area contributed by atoms with Crippen LogP contribution >= 0.6 is 0 Å². The molecule has 0 aromatic heterocycles. The number of hydrogen-bond acceptors (Lipinski definition) is 2. The van der Waals surface area contributed by atoms with Crippen LogP contribution in [0.2, 0.25) is 0 Å². The molecule has 0 atom stereocenters. The monoisotopic (exact) mass is 412 g/mol. The molecule has 0 rings (SSSR count). The van der Waals surface area contributed by atoms with Crippen molar-refractivity contribution in [2.24, 2.45) is 0 Å². The van der Waals surface area contributed by atoms with Crippen LogP contribution in [0.4, 0.5) is 0 Å². The van der Waals surface area contributed by atoms with Gasteiger partial charge in [-0.2, -0.15) is 0 Å². The molecule has 21 heavy (non-hydrogen) atoms. The summed E-state index contributed by atoms with van der Waals surface area (Å²) in [6.07, 6.45) is 19.9. The van der Waals surface area contributed by atoms with Gasteiger partial charge in [0.25, 0.3) is 0 Å². The molecule has 0 heterocycles. The van der Waals surface area contributed by atoms with Crippen molar-refractivity contribution in [3.8, 4) is 0 Å². The molecule has 128 valence electrons.